The van der Waals surface area contributed by atoms with Crippen molar-refractivity contribution in [1.29, 1.82) is 0 Å². The Kier molecular flexibility index (Phi) is 16.0. The first kappa shape index (κ1) is 42.7. The van der Waals surface area contributed by atoms with Crippen LogP contribution in [-0.2, 0) is 6.18 Å². The molecule has 5 rings (SSSR count). The fourth-order valence-corrected chi connectivity index (χ4v) is 5.18. The Morgan fingerprint density at radius 2 is 1.75 bits per heavy atom. The predicted octanol–water partition coefficient (Wildman–Crippen LogP) is 8.34. The van der Waals surface area contributed by atoms with Crippen molar-refractivity contribution in [3.05, 3.63) is 77.0 Å². The summed E-state index contributed by atoms with van der Waals surface area (Å²) < 4.78 is 75.1. The molecule has 290 valence electrons. The van der Waals surface area contributed by atoms with Crippen LogP contribution in [0, 0.1) is 12.7 Å². The van der Waals surface area contributed by atoms with E-state index < -0.39 is 23.5 Å². The van der Waals surface area contributed by atoms with Crippen molar-refractivity contribution in [2.75, 3.05) is 77.3 Å². The van der Waals surface area contributed by atoms with Crippen molar-refractivity contribution >= 4 is 34.0 Å². The van der Waals surface area contributed by atoms with Crippen molar-refractivity contribution in [1.82, 2.24) is 30.1 Å². The molecule has 4 aromatic rings. The molecule has 1 aliphatic heterocycles. The lowest BCUT2D eigenvalue weighted by Crippen LogP contribution is -2.45. The third kappa shape index (κ3) is 11.9. The number of benzene rings is 2. The summed E-state index contributed by atoms with van der Waals surface area (Å²) in [5.41, 5.74) is 1.71. The molecule has 0 radical (unpaired) electrons. The fourth-order valence-electron chi connectivity index (χ4n) is 5.18. The Bertz CT molecular complexity index is 1810. The van der Waals surface area contributed by atoms with Crippen molar-refractivity contribution in [3.63, 3.8) is 0 Å². The van der Waals surface area contributed by atoms with Gasteiger partial charge in [0, 0.05) is 67.7 Å². The van der Waals surface area contributed by atoms with E-state index in [1.807, 2.05) is 34.0 Å². The van der Waals surface area contributed by atoms with Crippen molar-refractivity contribution in [3.8, 4) is 11.6 Å². The minimum absolute atomic E-state index is 0.0634. The molecule has 53 heavy (non-hydrogen) atoms. The van der Waals surface area contributed by atoms with E-state index in [0.717, 1.165) is 24.6 Å². The number of aromatic amines is 1. The number of ether oxygens (including phenoxy) is 1. The number of piperazine rings is 1. The van der Waals surface area contributed by atoms with Gasteiger partial charge < -0.3 is 35.1 Å². The second kappa shape index (κ2) is 19.9. The van der Waals surface area contributed by atoms with E-state index >= 15 is 4.39 Å². The molecule has 0 aliphatic carbocycles. The fraction of sp³-hybridized carbons (Fsp3) is 0.447. The van der Waals surface area contributed by atoms with Gasteiger partial charge in [-0.15, -0.1) is 0 Å². The molecule has 1 amide bonds. The number of aryl methyl sites for hydroxylation is 1. The van der Waals surface area contributed by atoms with E-state index in [4.69, 9.17) is 4.74 Å². The van der Waals surface area contributed by atoms with E-state index in [0.29, 0.717) is 50.0 Å². The summed E-state index contributed by atoms with van der Waals surface area (Å²) in [6.07, 6.45) is -1.06. The standard InChI is InChI=1S/C29H31F4N7O2.C6H11F.C3H9N/c1-5-39(4)28(41)24-26(34-16-35-27(24)42-23-9-7-21-19(25(23)30)14-17(2)36-21)37-18-6-8-22(20(15-18)29(31,32)33)40-12-10-38(3)11-13-40;1-6(2)4-3-5-7;1-3-4-2/h6-9,14-16,36H,5,10-13H2,1-4H3,(H,34,35,37);4H,3,5H2,1-2H3;4H,3H2,1-2H3. The molecule has 1 fully saturated rings. The maximum absolute atomic E-state index is 15.3. The van der Waals surface area contributed by atoms with Crippen LogP contribution in [0.15, 0.2) is 54.4 Å². The second-order valence-corrected chi connectivity index (χ2v) is 12.7. The number of anilines is 3. The molecule has 1 aliphatic rings. The van der Waals surface area contributed by atoms with Gasteiger partial charge in [0.25, 0.3) is 5.91 Å². The number of aromatic nitrogens is 3. The number of hydrogen-bond donors (Lipinski definition) is 3. The molecule has 0 atom stereocenters. The van der Waals surface area contributed by atoms with E-state index in [-0.39, 0.29) is 41.1 Å². The molecule has 0 saturated carbocycles. The summed E-state index contributed by atoms with van der Waals surface area (Å²) in [5, 5.41) is 6.08. The molecule has 3 N–H and O–H groups in total. The zero-order valence-corrected chi connectivity index (χ0v) is 31.7. The molecule has 0 spiro atoms. The number of amides is 1. The number of hydrogen-bond acceptors (Lipinski definition) is 8. The van der Waals surface area contributed by atoms with Crippen molar-refractivity contribution in [2.45, 2.75) is 47.2 Å². The van der Waals surface area contributed by atoms with Gasteiger partial charge in [-0.1, -0.05) is 18.6 Å². The average Bonchev–Trinajstić information content (AvgIpc) is 3.52. The molecule has 1 saturated heterocycles. The molecule has 2 aromatic heterocycles. The number of nitrogens with zero attached hydrogens (tertiary/aromatic N) is 5. The normalized spacial score (nSPS) is 13.0. The lowest BCUT2D eigenvalue weighted by Gasteiger charge is -2.35. The van der Waals surface area contributed by atoms with Crippen LogP contribution in [-0.4, -0.2) is 97.7 Å². The highest BCUT2D eigenvalue weighted by Gasteiger charge is 2.36. The van der Waals surface area contributed by atoms with Gasteiger partial charge in [0.2, 0.25) is 5.88 Å². The first-order chi connectivity index (χ1) is 25.1. The lowest BCUT2D eigenvalue weighted by molar-refractivity contribution is -0.137. The van der Waals surface area contributed by atoms with E-state index in [1.54, 1.807) is 37.9 Å². The Morgan fingerprint density at radius 3 is 2.32 bits per heavy atom. The van der Waals surface area contributed by atoms with Gasteiger partial charge in [-0.25, -0.2) is 14.4 Å². The summed E-state index contributed by atoms with van der Waals surface area (Å²) in [4.78, 5) is 29.9. The molecule has 0 unspecified atom stereocenters. The SMILES string of the molecule is CC(C)=CCCF.CCN(C)C(=O)c1c(Nc2ccc(N3CCN(C)CC3)c(C(F)(F)F)c2)ncnc1Oc1ccc2[nH]c(C)cc2c1F.CCNC. The van der Waals surface area contributed by atoms with E-state index in [1.165, 1.54) is 28.7 Å². The topological polar surface area (TPSA) is 102 Å². The van der Waals surface area contributed by atoms with Gasteiger partial charge in [0.1, 0.15) is 11.9 Å². The van der Waals surface area contributed by atoms with Crippen LogP contribution in [0.25, 0.3) is 10.9 Å². The summed E-state index contributed by atoms with van der Waals surface area (Å²) in [5.74, 6) is -1.70. The lowest BCUT2D eigenvalue weighted by atomic mass is 10.1. The molecule has 2 aromatic carbocycles. The van der Waals surface area contributed by atoms with Crippen LogP contribution in [0.1, 0.15) is 55.7 Å². The van der Waals surface area contributed by atoms with Gasteiger partial charge in [0.15, 0.2) is 17.4 Å². The number of fused-ring (bicyclic) bond motifs is 1. The van der Waals surface area contributed by atoms with Crippen LogP contribution in [0.5, 0.6) is 11.6 Å². The summed E-state index contributed by atoms with van der Waals surface area (Å²) in [6.45, 7) is 12.9. The highest BCUT2D eigenvalue weighted by Crippen LogP contribution is 2.40. The van der Waals surface area contributed by atoms with Crippen molar-refractivity contribution < 1.29 is 31.5 Å². The number of likely N-dealkylation sites (N-methyl/N-ethyl adjacent to an activating group) is 1. The molecule has 10 nitrogen and oxygen atoms in total. The third-order valence-electron chi connectivity index (χ3n) is 8.31. The number of nitrogens with one attached hydrogen (secondary N) is 3. The summed E-state index contributed by atoms with van der Waals surface area (Å²) in [7, 11) is 5.40. The highest BCUT2D eigenvalue weighted by molar-refractivity contribution is 6.01. The number of carbonyl (C=O) groups is 1. The van der Waals surface area contributed by atoms with E-state index in [2.05, 4.69) is 37.4 Å². The quantitative estimate of drug-likeness (QED) is 0.110. The third-order valence-corrected chi connectivity index (χ3v) is 8.31. The van der Waals surface area contributed by atoms with Crippen LogP contribution < -0.4 is 20.3 Å². The highest BCUT2D eigenvalue weighted by atomic mass is 19.4. The monoisotopic (exact) mass is 746 g/mol. The summed E-state index contributed by atoms with van der Waals surface area (Å²) >= 11 is 0. The average molecular weight is 747 g/mol. The number of carbonyl (C=O) groups excluding carboxylic acids is 1. The number of allylic oxidation sites excluding steroid dienone is 2. The summed E-state index contributed by atoms with van der Waals surface area (Å²) in [6, 6.07) is 8.60. The first-order valence-electron chi connectivity index (χ1n) is 17.5. The second-order valence-electron chi connectivity index (χ2n) is 12.7. The van der Waals surface area contributed by atoms with Gasteiger partial charge >= 0.3 is 6.18 Å². The molecular weight excluding hydrogens is 695 g/mol. The maximum Gasteiger partial charge on any atom is 0.418 e. The maximum atomic E-state index is 15.3. The number of halogens is 5. The molecular formula is C38H51F5N8O2. The number of H-pyrrole nitrogens is 1. The Labute approximate surface area is 308 Å². The molecule has 3 heterocycles. The van der Waals surface area contributed by atoms with Crippen LogP contribution >= 0.6 is 0 Å². The first-order valence-corrected chi connectivity index (χ1v) is 17.5. The minimum atomic E-state index is -4.62. The Balaban J connectivity index is 0.000000601. The van der Waals surface area contributed by atoms with Crippen LogP contribution in [0.4, 0.5) is 39.1 Å². The van der Waals surface area contributed by atoms with E-state index in [9.17, 15) is 22.4 Å². The number of alkyl halides is 4. The molecule has 15 heteroatoms. The zero-order valence-electron chi connectivity index (χ0n) is 31.7. The van der Waals surface area contributed by atoms with Gasteiger partial charge in [-0.2, -0.15) is 13.2 Å². The van der Waals surface area contributed by atoms with Gasteiger partial charge in [-0.05, 0) is 91.2 Å². The van der Waals surface area contributed by atoms with Crippen molar-refractivity contribution in [2.24, 2.45) is 0 Å². The van der Waals surface area contributed by atoms with Crippen LogP contribution in [0.3, 0.4) is 0 Å². The Hall–Kier alpha value is -4.76. The minimum Gasteiger partial charge on any atom is -0.435 e. The zero-order chi connectivity index (χ0) is 39.3. The number of rotatable bonds is 10. The smallest absolute Gasteiger partial charge is 0.418 e. The van der Waals surface area contributed by atoms with Crippen LogP contribution in [0.2, 0.25) is 0 Å². The largest absolute Gasteiger partial charge is 0.435 e. The Morgan fingerprint density at radius 1 is 1.08 bits per heavy atom. The predicted molar refractivity (Wildman–Crippen MR) is 202 cm³/mol. The van der Waals surface area contributed by atoms with Gasteiger partial charge in [-0.3, -0.25) is 9.18 Å². The molecule has 0 bridgehead atoms. The van der Waals surface area contributed by atoms with Gasteiger partial charge in [0.05, 0.1) is 12.2 Å².